The topological polar surface area (TPSA) is 122 Å². The number of hydrogen-bond donors (Lipinski definition) is 3. The second kappa shape index (κ2) is 5.43. The van der Waals surface area contributed by atoms with E-state index in [2.05, 4.69) is 9.56 Å². The Balaban J connectivity index is 2.42. The summed E-state index contributed by atoms with van der Waals surface area (Å²) in [5.74, 6) is -1.81. The number of carbonyl (C=O) groups excluding carboxylic acids is 1. The molecule has 2 rings (SSSR count). The van der Waals surface area contributed by atoms with Crippen molar-refractivity contribution in [1.29, 1.82) is 0 Å². The smallest absolute Gasteiger partial charge is 0.335 e. The lowest BCUT2D eigenvalue weighted by molar-refractivity contribution is -0.124. The Hall–Kier alpha value is -1.97. The van der Waals surface area contributed by atoms with Gasteiger partial charge in [0.25, 0.3) is 5.91 Å². The molecule has 1 amide bonds. The molecule has 1 aromatic rings. The van der Waals surface area contributed by atoms with Crippen LogP contribution >= 0.6 is 0 Å². The number of carboxylic acid groups (broad SMARTS) is 1. The van der Waals surface area contributed by atoms with Gasteiger partial charge in [0.2, 0.25) is 10.0 Å². The molecule has 0 unspecified atom stereocenters. The van der Waals surface area contributed by atoms with Gasteiger partial charge in [-0.2, -0.15) is 4.72 Å². The number of hydroxylamine groups is 1. The van der Waals surface area contributed by atoms with Crippen LogP contribution in [0.2, 0.25) is 0 Å². The zero-order chi connectivity index (χ0) is 15.8. The molecule has 0 radical (unpaired) electrons. The van der Waals surface area contributed by atoms with Crippen LogP contribution in [0.25, 0.3) is 0 Å². The summed E-state index contributed by atoms with van der Waals surface area (Å²) >= 11 is 0. The van der Waals surface area contributed by atoms with E-state index < -0.39 is 27.9 Å². The molecule has 3 N–H and O–H groups in total. The third kappa shape index (κ3) is 3.04. The van der Waals surface area contributed by atoms with Crippen molar-refractivity contribution in [2.24, 2.45) is 0 Å². The van der Waals surface area contributed by atoms with E-state index in [-0.39, 0.29) is 17.1 Å². The zero-order valence-electron chi connectivity index (χ0n) is 11.3. The maximum atomic E-state index is 12.3. The van der Waals surface area contributed by atoms with Crippen molar-refractivity contribution in [2.75, 3.05) is 6.61 Å². The zero-order valence-corrected chi connectivity index (χ0v) is 12.2. The van der Waals surface area contributed by atoms with Crippen molar-refractivity contribution < 1.29 is 28.0 Å². The highest BCUT2D eigenvalue weighted by Crippen LogP contribution is 2.21. The van der Waals surface area contributed by atoms with Crippen molar-refractivity contribution in [2.45, 2.75) is 24.8 Å². The van der Waals surface area contributed by atoms with Crippen LogP contribution < -0.4 is 10.2 Å². The molecule has 0 aromatic heterocycles. The molecule has 9 heteroatoms. The van der Waals surface area contributed by atoms with Gasteiger partial charge in [0.05, 0.1) is 10.5 Å². The van der Waals surface area contributed by atoms with Gasteiger partial charge in [0.1, 0.15) is 12.6 Å². The Morgan fingerprint density at radius 2 is 2.05 bits per heavy atom. The number of rotatable bonds is 4. The summed E-state index contributed by atoms with van der Waals surface area (Å²) in [6.45, 7) is 3.01. The SMILES string of the molecule is Cc1cc(C)c(S(=O)(=O)N[C@@H]2CONC2=O)cc1C(=O)O. The molecule has 0 aliphatic carbocycles. The first kappa shape index (κ1) is 15.4. The minimum Gasteiger partial charge on any atom is -0.478 e. The molecule has 114 valence electrons. The van der Waals surface area contributed by atoms with E-state index in [0.717, 1.165) is 6.07 Å². The molecule has 21 heavy (non-hydrogen) atoms. The predicted octanol–water partition coefficient (Wildman–Crippen LogP) is -0.290. The molecule has 8 nitrogen and oxygen atoms in total. The Morgan fingerprint density at radius 3 is 2.57 bits per heavy atom. The second-order valence-electron chi connectivity index (χ2n) is 4.69. The van der Waals surface area contributed by atoms with Crippen molar-refractivity contribution >= 4 is 21.9 Å². The Morgan fingerprint density at radius 1 is 1.38 bits per heavy atom. The molecule has 1 aromatic carbocycles. The lowest BCUT2D eigenvalue weighted by atomic mass is 10.1. The third-order valence-corrected chi connectivity index (χ3v) is 4.69. The summed E-state index contributed by atoms with van der Waals surface area (Å²) in [6.07, 6.45) is 0. The molecule has 0 spiro atoms. The Kier molecular flexibility index (Phi) is 3.99. The van der Waals surface area contributed by atoms with E-state index in [4.69, 9.17) is 5.11 Å². The number of carboxylic acids is 1. The van der Waals surface area contributed by atoms with Crippen LogP contribution in [0.3, 0.4) is 0 Å². The second-order valence-corrected chi connectivity index (χ2v) is 6.37. The van der Waals surface area contributed by atoms with Crippen molar-refractivity contribution in [3.63, 3.8) is 0 Å². The van der Waals surface area contributed by atoms with Crippen molar-refractivity contribution in [3.8, 4) is 0 Å². The van der Waals surface area contributed by atoms with E-state index in [0.29, 0.717) is 11.1 Å². The molecule has 0 bridgehead atoms. The lowest BCUT2D eigenvalue weighted by Gasteiger charge is -2.13. The van der Waals surface area contributed by atoms with Crippen LogP contribution in [-0.4, -0.2) is 38.0 Å². The highest BCUT2D eigenvalue weighted by Gasteiger charge is 2.31. The summed E-state index contributed by atoms with van der Waals surface area (Å²) in [6, 6.07) is 1.52. The highest BCUT2D eigenvalue weighted by atomic mass is 32.2. The fourth-order valence-electron chi connectivity index (χ4n) is 2.03. The van der Waals surface area contributed by atoms with E-state index in [1.807, 2.05) is 5.48 Å². The molecule has 0 saturated carbocycles. The van der Waals surface area contributed by atoms with Gasteiger partial charge in [0.15, 0.2) is 0 Å². The molecule has 1 saturated heterocycles. The number of carbonyl (C=O) groups is 2. The fourth-order valence-corrected chi connectivity index (χ4v) is 3.47. The van der Waals surface area contributed by atoms with Crippen molar-refractivity contribution in [3.05, 3.63) is 28.8 Å². The number of nitrogens with one attached hydrogen (secondary N) is 2. The van der Waals surface area contributed by atoms with Gasteiger partial charge in [-0.25, -0.2) is 18.7 Å². The van der Waals surface area contributed by atoms with E-state index in [1.54, 1.807) is 13.8 Å². The first-order valence-electron chi connectivity index (χ1n) is 6.01. The largest absolute Gasteiger partial charge is 0.478 e. The molecule has 1 aliphatic heterocycles. The summed E-state index contributed by atoms with van der Waals surface area (Å²) < 4.78 is 26.8. The molecular weight excluding hydrogens is 300 g/mol. The fraction of sp³-hybridized carbons (Fsp3) is 0.333. The lowest BCUT2D eigenvalue weighted by Crippen LogP contribution is -2.41. The van der Waals surface area contributed by atoms with Gasteiger partial charge in [-0.3, -0.25) is 9.63 Å². The van der Waals surface area contributed by atoms with E-state index >= 15 is 0 Å². The Bertz CT molecular complexity index is 713. The molecule has 1 heterocycles. The third-order valence-electron chi connectivity index (χ3n) is 3.08. The van der Waals surface area contributed by atoms with Gasteiger partial charge in [0, 0.05) is 0 Å². The molecular formula is C12H14N2O6S. The van der Waals surface area contributed by atoms with Gasteiger partial charge in [-0.1, -0.05) is 6.07 Å². The quantitative estimate of drug-likeness (QED) is 0.702. The van der Waals surface area contributed by atoms with E-state index in [9.17, 15) is 18.0 Å². The van der Waals surface area contributed by atoms with Gasteiger partial charge in [-0.15, -0.1) is 0 Å². The van der Waals surface area contributed by atoms with Gasteiger partial charge >= 0.3 is 5.97 Å². The minimum atomic E-state index is -4.03. The van der Waals surface area contributed by atoms with Crippen LogP contribution in [-0.2, 0) is 19.7 Å². The highest BCUT2D eigenvalue weighted by molar-refractivity contribution is 7.89. The summed E-state index contributed by atoms with van der Waals surface area (Å²) in [5.41, 5.74) is 2.79. The van der Waals surface area contributed by atoms with Gasteiger partial charge < -0.3 is 5.11 Å². The van der Waals surface area contributed by atoms with Crippen LogP contribution in [0.4, 0.5) is 0 Å². The number of aryl methyl sites for hydroxylation is 2. The molecule has 1 aliphatic rings. The monoisotopic (exact) mass is 314 g/mol. The summed E-state index contributed by atoms with van der Waals surface area (Å²) in [7, 11) is -4.03. The average Bonchev–Trinajstić information content (AvgIpc) is 2.73. The number of amides is 1. The minimum absolute atomic E-state index is 0.104. The predicted molar refractivity (Wildman–Crippen MR) is 71.1 cm³/mol. The standard InChI is InChI=1S/C12H14N2O6S/c1-6-3-7(2)10(4-8(6)12(16)17)21(18,19)14-9-5-20-13-11(9)15/h3-4,9,14H,5H2,1-2H3,(H,13,15)(H,16,17)/t9-/m1/s1. The first-order valence-corrected chi connectivity index (χ1v) is 7.49. The van der Waals surface area contributed by atoms with E-state index in [1.165, 1.54) is 6.07 Å². The molecule has 1 atom stereocenters. The molecule has 1 fully saturated rings. The maximum absolute atomic E-state index is 12.3. The number of benzene rings is 1. The van der Waals surface area contributed by atoms with Gasteiger partial charge in [-0.05, 0) is 31.0 Å². The average molecular weight is 314 g/mol. The van der Waals surface area contributed by atoms with Crippen LogP contribution in [0.5, 0.6) is 0 Å². The summed E-state index contributed by atoms with van der Waals surface area (Å²) in [5, 5.41) is 9.07. The number of hydrogen-bond acceptors (Lipinski definition) is 5. The first-order chi connectivity index (χ1) is 9.72. The summed E-state index contributed by atoms with van der Waals surface area (Å²) in [4.78, 5) is 26.9. The maximum Gasteiger partial charge on any atom is 0.335 e. The normalized spacial score (nSPS) is 18.6. The Labute approximate surface area is 121 Å². The van der Waals surface area contributed by atoms with Crippen LogP contribution in [0.1, 0.15) is 21.5 Å². The van der Waals surface area contributed by atoms with Crippen LogP contribution in [0.15, 0.2) is 17.0 Å². The van der Waals surface area contributed by atoms with Crippen LogP contribution in [0, 0.1) is 13.8 Å². The number of sulfonamides is 1. The number of aromatic carboxylic acids is 1. The van der Waals surface area contributed by atoms with Crippen molar-refractivity contribution in [1.82, 2.24) is 10.2 Å².